The molecule has 0 unspecified atom stereocenters. The van der Waals surface area contributed by atoms with Crippen molar-refractivity contribution in [1.29, 1.82) is 0 Å². The van der Waals surface area contributed by atoms with Gasteiger partial charge in [-0.3, -0.25) is 0 Å². The summed E-state index contributed by atoms with van der Waals surface area (Å²) in [7, 11) is 0. The second kappa shape index (κ2) is 10.7. The van der Waals surface area contributed by atoms with E-state index in [9.17, 15) is 4.79 Å². The van der Waals surface area contributed by atoms with Gasteiger partial charge in [0.2, 0.25) is 0 Å². The summed E-state index contributed by atoms with van der Waals surface area (Å²) in [5.41, 5.74) is 3.52. The first kappa shape index (κ1) is 23.1. The van der Waals surface area contributed by atoms with Gasteiger partial charge in [0.1, 0.15) is 6.61 Å². The lowest BCUT2D eigenvalue weighted by molar-refractivity contribution is -0.139. The van der Waals surface area contributed by atoms with Crippen LogP contribution in [-0.4, -0.2) is 48.9 Å². The third-order valence-corrected chi connectivity index (χ3v) is 7.23. The van der Waals surface area contributed by atoms with Gasteiger partial charge in [0.25, 0.3) is 0 Å². The summed E-state index contributed by atoms with van der Waals surface area (Å²) < 4.78 is 11.3. The number of nitrogens with zero attached hydrogens (tertiary/aromatic N) is 1. The smallest absolute Gasteiger partial charge is 0.341 e. The van der Waals surface area contributed by atoms with E-state index >= 15 is 0 Å². The number of carbonyl (C=O) groups is 1. The van der Waals surface area contributed by atoms with Gasteiger partial charge in [0.15, 0.2) is 18.1 Å². The van der Waals surface area contributed by atoms with Crippen LogP contribution in [0.15, 0.2) is 78.9 Å². The van der Waals surface area contributed by atoms with E-state index in [1.807, 2.05) is 23.9 Å². The minimum Gasteiger partial charge on any atom is -0.486 e. The minimum atomic E-state index is -1.00. The van der Waals surface area contributed by atoms with Gasteiger partial charge in [-0.05, 0) is 23.3 Å². The number of aliphatic carboxylic acids is 1. The van der Waals surface area contributed by atoms with E-state index in [0.29, 0.717) is 18.1 Å². The maximum absolute atomic E-state index is 10.9. The van der Waals surface area contributed by atoms with Gasteiger partial charge in [-0.2, -0.15) is 11.8 Å². The van der Waals surface area contributed by atoms with Crippen molar-refractivity contribution in [1.82, 2.24) is 0 Å². The number of ether oxygens (including phenoxy) is 2. The molecule has 3 aromatic rings. The van der Waals surface area contributed by atoms with E-state index in [4.69, 9.17) is 14.6 Å². The molecule has 3 aromatic carbocycles. The van der Waals surface area contributed by atoms with Gasteiger partial charge in [-0.1, -0.05) is 73.7 Å². The molecule has 33 heavy (non-hydrogen) atoms. The predicted octanol–water partition coefficient (Wildman–Crippen LogP) is 5.09. The zero-order valence-corrected chi connectivity index (χ0v) is 19.6. The fourth-order valence-corrected chi connectivity index (χ4v) is 5.39. The quantitative estimate of drug-likeness (QED) is 0.423. The third kappa shape index (κ3) is 5.45. The zero-order valence-electron chi connectivity index (χ0n) is 18.8. The molecule has 172 valence electrons. The molecule has 1 aliphatic heterocycles. The largest absolute Gasteiger partial charge is 0.486 e. The standard InChI is InChI=1S/C27H29NO4S/c1-27(21-9-4-2-5-10-21,22-11-6-3-7-12-22)20-33-18-16-28-15-17-31-26-23(28)13-8-14-24(26)32-19-25(29)30/h2-14H,15-20H2,1H3,(H,29,30). The Kier molecular flexibility index (Phi) is 7.45. The number of hydrogen-bond acceptors (Lipinski definition) is 5. The summed E-state index contributed by atoms with van der Waals surface area (Å²) in [6.45, 7) is 4.17. The van der Waals surface area contributed by atoms with Crippen LogP contribution < -0.4 is 14.4 Å². The van der Waals surface area contributed by atoms with Crippen LogP contribution in [0, 0.1) is 0 Å². The number of fused-ring (bicyclic) bond motifs is 1. The summed E-state index contributed by atoms with van der Waals surface area (Å²) in [5.74, 6) is 2.05. The Labute approximate surface area is 199 Å². The summed E-state index contributed by atoms with van der Waals surface area (Å²) in [4.78, 5) is 13.2. The lowest BCUT2D eigenvalue weighted by Gasteiger charge is -2.33. The van der Waals surface area contributed by atoms with Crippen molar-refractivity contribution in [2.24, 2.45) is 0 Å². The maximum Gasteiger partial charge on any atom is 0.341 e. The van der Waals surface area contributed by atoms with E-state index in [1.54, 1.807) is 6.07 Å². The number of thioether (sulfide) groups is 1. The van der Waals surface area contributed by atoms with Crippen molar-refractivity contribution in [3.63, 3.8) is 0 Å². The molecule has 0 saturated heterocycles. The molecule has 0 saturated carbocycles. The van der Waals surface area contributed by atoms with Gasteiger partial charge in [0.05, 0.1) is 12.2 Å². The first-order valence-corrected chi connectivity index (χ1v) is 12.3. The Morgan fingerprint density at radius 3 is 2.33 bits per heavy atom. The topological polar surface area (TPSA) is 59.0 Å². The molecule has 1 aliphatic rings. The zero-order chi connectivity index (χ0) is 23.1. The predicted molar refractivity (Wildman–Crippen MR) is 134 cm³/mol. The molecule has 4 rings (SSSR count). The molecule has 1 heterocycles. The van der Waals surface area contributed by atoms with E-state index in [1.165, 1.54) is 11.1 Å². The van der Waals surface area contributed by atoms with Gasteiger partial charge >= 0.3 is 5.97 Å². The minimum absolute atomic E-state index is 0.0755. The number of carboxylic acids is 1. The van der Waals surface area contributed by atoms with E-state index < -0.39 is 5.97 Å². The summed E-state index contributed by atoms with van der Waals surface area (Å²) in [6, 6.07) is 27.0. The maximum atomic E-state index is 10.9. The van der Waals surface area contributed by atoms with Crippen molar-refractivity contribution in [3.05, 3.63) is 90.0 Å². The first-order chi connectivity index (χ1) is 16.1. The van der Waals surface area contributed by atoms with Crippen molar-refractivity contribution in [2.75, 3.05) is 42.7 Å². The Morgan fingerprint density at radius 1 is 1.03 bits per heavy atom. The number of anilines is 1. The second-order valence-corrected chi connectivity index (χ2v) is 9.34. The monoisotopic (exact) mass is 463 g/mol. The van der Waals surface area contributed by atoms with Gasteiger partial charge in [-0.15, -0.1) is 0 Å². The molecule has 0 fully saturated rings. The summed E-state index contributed by atoms with van der Waals surface area (Å²) in [6.07, 6.45) is 0. The van der Waals surface area contributed by atoms with Crippen LogP contribution in [0.4, 0.5) is 5.69 Å². The molecule has 6 heteroatoms. The number of benzene rings is 3. The Morgan fingerprint density at radius 2 is 1.70 bits per heavy atom. The highest BCUT2D eigenvalue weighted by Crippen LogP contribution is 2.40. The SMILES string of the molecule is CC(CSCCN1CCOc2c(OCC(=O)O)cccc21)(c1ccccc1)c1ccccc1. The van der Waals surface area contributed by atoms with E-state index in [0.717, 1.165) is 30.3 Å². The molecule has 5 nitrogen and oxygen atoms in total. The summed E-state index contributed by atoms with van der Waals surface area (Å²) in [5, 5.41) is 8.93. The number of carboxylic acid groups (broad SMARTS) is 1. The van der Waals surface area contributed by atoms with Crippen molar-refractivity contribution in [3.8, 4) is 11.5 Å². The number of para-hydroxylation sites is 1. The highest BCUT2D eigenvalue weighted by atomic mass is 32.2. The average molecular weight is 464 g/mol. The molecule has 0 bridgehead atoms. The normalized spacial score (nSPS) is 13.2. The van der Waals surface area contributed by atoms with E-state index in [-0.39, 0.29) is 12.0 Å². The molecular formula is C27H29NO4S. The van der Waals surface area contributed by atoms with Gasteiger partial charge in [0, 0.05) is 23.5 Å². The molecule has 1 N–H and O–H groups in total. The third-order valence-electron chi connectivity index (χ3n) is 5.98. The fourth-order valence-electron chi connectivity index (χ4n) is 4.16. The number of hydrogen-bond donors (Lipinski definition) is 1. The fraction of sp³-hybridized carbons (Fsp3) is 0.296. The Bertz CT molecular complexity index is 1020. The Balaban J connectivity index is 1.42. The van der Waals surface area contributed by atoms with Crippen LogP contribution in [0.3, 0.4) is 0 Å². The Hall–Kier alpha value is -3.12. The van der Waals surface area contributed by atoms with E-state index in [2.05, 4.69) is 72.5 Å². The molecule has 0 aromatic heterocycles. The molecule has 0 spiro atoms. The highest BCUT2D eigenvalue weighted by Gasteiger charge is 2.29. The lowest BCUT2D eigenvalue weighted by atomic mass is 9.78. The molecule has 0 amide bonds. The van der Waals surface area contributed by atoms with Crippen molar-refractivity contribution >= 4 is 23.4 Å². The first-order valence-electron chi connectivity index (χ1n) is 11.1. The highest BCUT2D eigenvalue weighted by molar-refractivity contribution is 7.99. The average Bonchev–Trinajstić information content (AvgIpc) is 2.86. The van der Waals surface area contributed by atoms with Gasteiger partial charge in [-0.25, -0.2) is 4.79 Å². The lowest BCUT2D eigenvalue weighted by Crippen LogP contribution is -2.35. The number of rotatable bonds is 10. The summed E-state index contributed by atoms with van der Waals surface area (Å²) >= 11 is 1.95. The van der Waals surface area contributed by atoms with Crippen LogP contribution >= 0.6 is 11.8 Å². The van der Waals surface area contributed by atoms with Crippen LogP contribution in [0.5, 0.6) is 11.5 Å². The molecule has 0 atom stereocenters. The van der Waals surface area contributed by atoms with Crippen LogP contribution in [0.25, 0.3) is 0 Å². The molecule has 0 aliphatic carbocycles. The van der Waals surface area contributed by atoms with Crippen LogP contribution in [-0.2, 0) is 10.2 Å². The second-order valence-electron chi connectivity index (χ2n) is 8.24. The van der Waals surface area contributed by atoms with Crippen molar-refractivity contribution < 1.29 is 19.4 Å². The van der Waals surface area contributed by atoms with Crippen LogP contribution in [0.2, 0.25) is 0 Å². The van der Waals surface area contributed by atoms with Crippen LogP contribution in [0.1, 0.15) is 18.1 Å². The molecule has 0 radical (unpaired) electrons. The molecular weight excluding hydrogens is 434 g/mol. The van der Waals surface area contributed by atoms with Crippen molar-refractivity contribution in [2.45, 2.75) is 12.3 Å². The van der Waals surface area contributed by atoms with Gasteiger partial charge < -0.3 is 19.5 Å².